The fraction of sp³-hybridized carbons (Fsp3) is 0.263. The van der Waals surface area contributed by atoms with E-state index in [0.29, 0.717) is 41.5 Å². The highest BCUT2D eigenvalue weighted by Gasteiger charge is 2.12. The van der Waals surface area contributed by atoms with E-state index >= 15 is 0 Å². The van der Waals surface area contributed by atoms with E-state index in [1.807, 2.05) is 13.8 Å². The number of methoxy groups -OCH3 is 1. The van der Waals surface area contributed by atoms with Gasteiger partial charge in [-0.1, -0.05) is 6.07 Å². The van der Waals surface area contributed by atoms with E-state index in [0.717, 1.165) is 0 Å². The zero-order valence-corrected chi connectivity index (χ0v) is 14.6. The van der Waals surface area contributed by atoms with Crippen molar-refractivity contribution in [2.75, 3.05) is 25.6 Å². The van der Waals surface area contributed by atoms with Crippen molar-refractivity contribution in [1.82, 2.24) is 5.32 Å². The summed E-state index contributed by atoms with van der Waals surface area (Å²) in [5.41, 5.74) is 1.47. The molecule has 0 bridgehead atoms. The first kappa shape index (κ1) is 18.3. The summed E-state index contributed by atoms with van der Waals surface area (Å²) >= 11 is 0. The molecule has 2 N–H and O–H groups in total. The van der Waals surface area contributed by atoms with E-state index in [2.05, 4.69) is 10.6 Å². The maximum Gasteiger partial charge on any atom is 0.255 e. The molecule has 2 aromatic carbocycles. The Kier molecular flexibility index (Phi) is 6.39. The second kappa shape index (κ2) is 8.73. The molecule has 2 amide bonds. The molecule has 0 radical (unpaired) electrons. The lowest BCUT2D eigenvalue weighted by molar-refractivity contribution is 0.0954. The third kappa shape index (κ3) is 4.73. The molecule has 0 unspecified atom stereocenters. The van der Waals surface area contributed by atoms with Gasteiger partial charge in [-0.2, -0.15) is 0 Å². The first-order valence-electron chi connectivity index (χ1n) is 8.09. The lowest BCUT2D eigenvalue weighted by Gasteiger charge is -2.12. The van der Waals surface area contributed by atoms with Gasteiger partial charge < -0.3 is 20.1 Å². The van der Waals surface area contributed by atoms with Crippen LogP contribution in [0.15, 0.2) is 42.5 Å². The van der Waals surface area contributed by atoms with Gasteiger partial charge in [0.05, 0.1) is 13.7 Å². The van der Waals surface area contributed by atoms with E-state index < -0.39 is 0 Å². The first-order valence-corrected chi connectivity index (χ1v) is 8.09. The molecule has 0 atom stereocenters. The molecule has 0 heterocycles. The minimum Gasteiger partial charge on any atom is -0.493 e. The predicted molar refractivity (Wildman–Crippen MR) is 96.6 cm³/mol. The largest absolute Gasteiger partial charge is 0.493 e. The van der Waals surface area contributed by atoms with Crippen LogP contribution in [0.2, 0.25) is 0 Å². The molecule has 0 fully saturated rings. The minimum absolute atomic E-state index is 0.179. The summed E-state index contributed by atoms with van der Waals surface area (Å²) in [5, 5.41) is 5.51. The van der Waals surface area contributed by atoms with Crippen LogP contribution in [0.5, 0.6) is 11.5 Å². The average molecular weight is 342 g/mol. The van der Waals surface area contributed by atoms with Crippen LogP contribution in [-0.2, 0) is 0 Å². The molecule has 0 saturated carbocycles. The Hall–Kier alpha value is -3.02. The Labute approximate surface area is 147 Å². The van der Waals surface area contributed by atoms with Crippen molar-refractivity contribution in [3.05, 3.63) is 53.6 Å². The molecule has 0 spiro atoms. The summed E-state index contributed by atoms with van der Waals surface area (Å²) in [7, 11) is 1.55. The van der Waals surface area contributed by atoms with Crippen LogP contribution in [0.1, 0.15) is 34.6 Å². The first-order chi connectivity index (χ1) is 12.1. The lowest BCUT2D eigenvalue weighted by Crippen LogP contribution is -2.22. The Bertz CT molecular complexity index is 759. The number of hydrogen-bond acceptors (Lipinski definition) is 4. The zero-order valence-electron chi connectivity index (χ0n) is 14.6. The van der Waals surface area contributed by atoms with E-state index in [-0.39, 0.29) is 11.8 Å². The molecule has 0 aliphatic rings. The molecule has 2 rings (SSSR count). The van der Waals surface area contributed by atoms with Crippen molar-refractivity contribution < 1.29 is 19.1 Å². The van der Waals surface area contributed by atoms with Gasteiger partial charge in [0.15, 0.2) is 11.5 Å². The molecular formula is C19H22N2O4. The van der Waals surface area contributed by atoms with Crippen molar-refractivity contribution in [1.29, 1.82) is 0 Å². The number of anilines is 1. The van der Waals surface area contributed by atoms with Gasteiger partial charge in [0.25, 0.3) is 11.8 Å². The van der Waals surface area contributed by atoms with E-state index in [1.165, 1.54) is 0 Å². The summed E-state index contributed by atoms with van der Waals surface area (Å²) in [4.78, 5) is 24.4. The number of rotatable bonds is 7. The van der Waals surface area contributed by atoms with Crippen molar-refractivity contribution >= 4 is 17.5 Å². The van der Waals surface area contributed by atoms with Gasteiger partial charge in [0.2, 0.25) is 0 Å². The quantitative estimate of drug-likeness (QED) is 0.811. The lowest BCUT2D eigenvalue weighted by atomic mass is 10.1. The fourth-order valence-corrected chi connectivity index (χ4v) is 2.29. The number of amides is 2. The number of carbonyl (C=O) groups excluding carboxylic acids is 2. The van der Waals surface area contributed by atoms with Crippen molar-refractivity contribution in [2.24, 2.45) is 0 Å². The highest BCUT2D eigenvalue weighted by Crippen LogP contribution is 2.28. The topological polar surface area (TPSA) is 76.7 Å². The molecule has 6 nitrogen and oxygen atoms in total. The molecule has 0 aliphatic heterocycles. The van der Waals surface area contributed by atoms with Crippen LogP contribution in [0, 0.1) is 0 Å². The number of benzene rings is 2. The van der Waals surface area contributed by atoms with Crippen LogP contribution in [0.3, 0.4) is 0 Å². The number of nitrogens with one attached hydrogen (secondary N) is 2. The smallest absolute Gasteiger partial charge is 0.255 e. The summed E-state index contributed by atoms with van der Waals surface area (Å²) < 4.78 is 10.7. The third-order valence-electron chi connectivity index (χ3n) is 3.45. The van der Waals surface area contributed by atoms with Gasteiger partial charge in [-0.05, 0) is 50.2 Å². The van der Waals surface area contributed by atoms with Crippen molar-refractivity contribution in [3.63, 3.8) is 0 Å². The molecular weight excluding hydrogens is 320 g/mol. The maximum absolute atomic E-state index is 12.5. The SMILES string of the molecule is CCNC(=O)c1cccc(NC(=O)c2ccc(OC)c(OCC)c2)c1. The Morgan fingerprint density at radius 2 is 1.72 bits per heavy atom. The summed E-state index contributed by atoms with van der Waals surface area (Å²) in [6, 6.07) is 11.8. The molecule has 0 aromatic heterocycles. The summed E-state index contributed by atoms with van der Waals surface area (Å²) in [6.45, 7) is 4.72. The van der Waals surface area contributed by atoms with Gasteiger partial charge in [0, 0.05) is 23.4 Å². The molecule has 0 aliphatic carbocycles. The number of ether oxygens (including phenoxy) is 2. The zero-order chi connectivity index (χ0) is 18.2. The second-order valence-corrected chi connectivity index (χ2v) is 5.19. The molecule has 6 heteroatoms. The van der Waals surface area contributed by atoms with Gasteiger partial charge >= 0.3 is 0 Å². The van der Waals surface area contributed by atoms with Crippen molar-refractivity contribution in [3.8, 4) is 11.5 Å². The monoisotopic (exact) mass is 342 g/mol. The van der Waals surface area contributed by atoms with E-state index in [9.17, 15) is 9.59 Å². The van der Waals surface area contributed by atoms with Crippen molar-refractivity contribution in [2.45, 2.75) is 13.8 Å². The normalized spacial score (nSPS) is 10.0. The Balaban J connectivity index is 2.18. The van der Waals surface area contributed by atoms with Gasteiger partial charge in [-0.25, -0.2) is 0 Å². The summed E-state index contributed by atoms with van der Waals surface area (Å²) in [6.07, 6.45) is 0. The van der Waals surface area contributed by atoms with Gasteiger partial charge in [-0.3, -0.25) is 9.59 Å². The highest BCUT2D eigenvalue weighted by atomic mass is 16.5. The molecule has 132 valence electrons. The van der Waals surface area contributed by atoms with Gasteiger partial charge in [-0.15, -0.1) is 0 Å². The van der Waals surface area contributed by atoms with E-state index in [4.69, 9.17) is 9.47 Å². The standard InChI is InChI=1S/C19H22N2O4/c1-4-20-18(22)13-7-6-8-15(11-13)21-19(23)14-9-10-16(24-3)17(12-14)25-5-2/h6-12H,4-5H2,1-3H3,(H,20,22)(H,21,23). The number of hydrogen-bond donors (Lipinski definition) is 2. The second-order valence-electron chi connectivity index (χ2n) is 5.19. The predicted octanol–water partition coefficient (Wildman–Crippen LogP) is 3.10. The Morgan fingerprint density at radius 3 is 2.40 bits per heavy atom. The van der Waals surface area contributed by atoms with Crippen LogP contribution >= 0.6 is 0 Å². The van der Waals surface area contributed by atoms with E-state index in [1.54, 1.807) is 49.6 Å². The fourth-order valence-electron chi connectivity index (χ4n) is 2.29. The van der Waals surface area contributed by atoms with Crippen LogP contribution in [-0.4, -0.2) is 32.1 Å². The summed E-state index contributed by atoms with van der Waals surface area (Å²) in [5.74, 6) is 0.601. The Morgan fingerprint density at radius 1 is 0.960 bits per heavy atom. The third-order valence-corrected chi connectivity index (χ3v) is 3.45. The average Bonchev–Trinajstić information content (AvgIpc) is 2.62. The molecule has 0 saturated heterocycles. The molecule has 25 heavy (non-hydrogen) atoms. The van der Waals surface area contributed by atoms with Crippen LogP contribution in [0.25, 0.3) is 0 Å². The van der Waals surface area contributed by atoms with Gasteiger partial charge in [0.1, 0.15) is 0 Å². The highest BCUT2D eigenvalue weighted by molar-refractivity contribution is 6.05. The number of carbonyl (C=O) groups is 2. The maximum atomic E-state index is 12.5. The van der Waals surface area contributed by atoms with Crippen LogP contribution in [0.4, 0.5) is 5.69 Å². The minimum atomic E-state index is -0.295. The molecule has 2 aromatic rings. The van der Waals surface area contributed by atoms with Crippen LogP contribution < -0.4 is 20.1 Å².